The summed E-state index contributed by atoms with van der Waals surface area (Å²) in [6.07, 6.45) is 9.68. The van der Waals surface area contributed by atoms with Crippen molar-refractivity contribution in [3.63, 3.8) is 0 Å². The summed E-state index contributed by atoms with van der Waals surface area (Å²) < 4.78 is 41.9. The summed E-state index contributed by atoms with van der Waals surface area (Å²) in [5, 5.41) is 13.7. The van der Waals surface area contributed by atoms with Crippen LogP contribution in [0.25, 0.3) is 28.2 Å². The highest BCUT2D eigenvalue weighted by Gasteiger charge is 2.45. The van der Waals surface area contributed by atoms with E-state index in [1.54, 1.807) is 47.5 Å². The van der Waals surface area contributed by atoms with E-state index in [9.17, 15) is 46.7 Å². The van der Waals surface area contributed by atoms with Crippen LogP contribution in [0.5, 0.6) is 0 Å². The number of benzene rings is 2. The lowest BCUT2D eigenvalue weighted by Crippen LogP contribution is -2.54. The Labute approximate surface area is 453 Å². The number of nitrogens with one attached hydrogen (secondary N) is 3. The van der Waals surface area contributed by atoms with E-state index in [0.717, 1.165) is 118 Å². The maximum Gasteiger partial charge on any atom is 0.416 e. The topological polar surface area (TPSA) is 238 Å². The first-order valence-electron chi connectivity index (χ1n) is 27.2. The van der Waals surface area contributed by atoms with Gasteiger partial charge in [0.15, 0.2) is 0 Å². The molecule has 11 rings (SSSR count). The highest BCUT2D eigenvalue weighted by molar-refractivity contribution is 6.23. The molecular weight excluding hydrogens is 1020 g/mol. The minimum absolute atomic E-state index is 0.0403. The predicted octanol–water partition coefficient (Wildman–Crippen LogP) is 6.61. The number of alkyl halides is 3. The molecule has 412 valence electrons. The summed E-state index contributed by atoms with van der Waals surface area (Å²) in [6, 6.07) is 12.1. The summed E-state index contributed by atoms with van der Waals surface area (Å²) in [5.74, 6) is -2.27. The standard InChI is InChI=1S/C57H61F3N12O7/c58-57(59,60)38-15-20-62-45(27-38)65-53(76)36-9-7-35(8-10-36)50-49-51-37(30-63-52(49)61)4-1-2-21-70(32-47(74)64-39-5-3-6-41(28-39)72(51)67-50)48(75)26-33-16-22-68(23-17-33)31-34-18-24-69(25-19-34)40-11-12-42-43(29-40)56(79)71(55(42)78)44-13-14-46(73)66-54(44)77/h1,4,7-12,15,20,27,29-30,33-34,39,41,44H,2-3,5-6,13-14,16-19,21-26,28,31-32H2,(H2,61,63)(H,64,74)(H,62,65,76)(H,66,73,77)/b4-1+/t39-,41-,44?/m1/s1. The molecular formula is C57H61F3N12O7. The largest absolute Gasteiger partial charge is 0.416 e. The number of nitrogens with two attached hydrogens (primary N) is 1. The Kier molecular flexibility index (Phi) is 14.8. The van der Waals surface area contributed by atoms with Crippen molar-refractivity contribution >= 4 is 75.7 Å². The number of piperidine rings is 3. The Morgan fingerprint density at radius 2 is 1.57 bits per heavy atom. The van der Waals surface area contributed by atoms with Gasteiger partial charge in [0.05, 0.1) is 40.2 Å². The molecule has 4 fully saturated rings. The number of likely N-dealkylation sites (tertiary alicyclic amines) is 1. The van der Waals surface area contributed by atoms with Crippen molar-refractivity contribution in [3.8, 4) is 11.3 Å². The molecule has 1 unspecified atom stereocenters. The van der Waals surface area contributed by atoms with Gasteiger partial charge in [0.2, 0.25) is 23.6 Å². The zero-order valence-electron chi connectivity index (χ0n) is 43.5. The number of aromatic nitrogens is 4. The third-order valence-electron chi connectivity index (χ3n) is 16.5. The van der Waals surface area contributed by atoms with E-state index >= 15 is 0 Å². The number of anilines is 3. The monoisotopic (exact) mass is 1080 g/mol. The summed E-state index contributed by atoms with van der Waals surface area (Å²) in [4.78, 5) is 108. The number of amides is 7. The first-order valence-corrected chi connectivity index (χ1v) is 27.2. The molecule has 79 heavy (non-hydrogen) atoms. The number of hydrogen-bond acceptors (Lipinski definition) is 13. The molecule has 5 aromatic rings. The molecule has 2 bridgehead atoms. The average molecular weight is 1080 g/mol. The number of imide groups is 2. The van der Waals surface area contributed by atoms with Gasteiger partial charge < -0.3 is 31.1 Å². The second-order valence-electron chi connectivity index (χ2n) is 21.7. The van der Waals surface area contributed by atoms with Gasteiger partial charge in [0.25, 0.3) is 17.7 Å². The SMILES string of the molecule is Nc1ncc2c3c1c(-c1ccc(C(=O)Nc4cc(C(F)(F)F)ccn4)cc1)nn3[C@@H]1CCC[C@H](C1)NC(=O)CN(C(=O)CC1CCN(CC3CCN(c4ccc5c(c4)C(=O)N(C4CCC(=O)NC4=O)C5=O)CC3)CC1)CC/C=C/2. The van der Waals surface area contributed by atoms with Crippen molar-refractivity contribution in [2.24, 2.45) is 11.8 Å². The number of rotatable bonds is 9. The number of carbonyl (C=O) groups is 7. The Hall–Kier alpha value is -8.01. The predicted molar refractivity (Wildman–Crippen MR) is 286 cm³/mol. The Balaban J connectivity index is 0.702. The van der Waals surface area contributed by atoms with Crippen LogP contribution in [0.1, 0.15) is 125 Å². The number of nitrogen functional groups attached to an aromatic ring is 1. The first-order chi connectivity index (χ1) is 38.0. The Bertz CT molecular complexity index is 3270. The average Bonchev–Trinajstić information content (AvgIpc) is 3.99. The van der Waals surface area contributed by atoms with E-state index in [2.05, 4.69) is 35.7 Å². The number of hydrogen-bond donors (Lipinski definition) is 4. The highest BCUT2D eigenvalue weighted by atomic mass is 19.4. The fourth-order valence-electron chi connectivity index (χ4n) is 12.3. The van der Waals surface area contributed by atoms with Crippen molar-refractivity contribution < 1.29 is 46.7 Å². The summed E-state index contributed by atoms with van der Waals surface area (Å²) in [5.41, 5.74) is 10.0. The van der Waals surface area contributed by atoms with Gasteiger partial charge in [0.1, 0.15) is 23.4 Å². The second-order valence-corrected chi connectivity index (χ2v) is 21.7. The minimum Gasteiger partial charge on any atom is -0.383 e. The zero-order chi connectivity index (χ0) is 55.1. The Morgan fingerprint density at radius 1 is 0.810 bits per heavy atom. The number of carbonyl (C=O) groups excluding carboxylic acids is 7. The van der Waals surface area contributed by atoms with Gasteiger partial charge in [-0.25, -0.2) is 9.97 Å². The molecule has 1 aliphatic carbocycles. The van der Waals surface area contributed by atoms with Gasteiger partial charge in [-0.1, -0.05) is 24.3 Å². The molecule has 19 nitrogen and oxygen atoms in total. The van der Waals surface area contributed by atoms with Gasteiger partial charge >= 0.3 is 6.18 Å². The lowest BCUT2D eigenvalue weighted by atomic mass is 9.90. The van der Waals surface area contributed by atoms with Crippen molar-refractivity contribution in [3.05, 3.63) is 101 Å². The van der Waals surface area contributed by atoms with Crippen LogP contribution in [-0.4, -0.2) is 134 Å². The fourth-order valence-corrected chi connectivity index (χ4v) is 12.3. The zero-order valence-corrected chi connectivity index (χ0v) is 43.5. The van der Waals surface area contributed by atoms with Crippen LogP contribution < -0.4 is 26.6 Å². The van der Waals surface area contributed by atoms with Gasteiger partial charge in [-0.2, -0.15) is 18.3 Å². The van der Waals surface area contributed by atoms with Crippen LogP contribution in [-0.2, 0) is 25.4 Å². The molecule has 7 amide bonds. The van der Waals surface area contributed by atoms with Gasteiger partial charge in [0, 0.05) is 79.8 Å². The first kappa shape index (κ1) is 53.0. The van der Waals surface area contributed by atoms with Gasteiger partial charge in [-0.05, 0) is 132 Å². The number of pyridine rings is 2. The maximum atomic E-state index is 14.1. The van der Waals surface area contributed by atoms with E-state index in [4.69, 9.17) is 10.8 Å². The van der Waals surface area contributed by atoms with E-state index in [-0.39, 0.29) is 77.5 Å². The summed E-state index contributed by atoms with van der Waals surface area (Å²) in [6.45, 7) is 4.60. The molecule has 3 saturated heterocycles. The fraction of sp³-hybridized carbons (Fsp3) is 0.439. The van der Waals surface area contributed by atoms with E-state index in [1.165, 1.54) is 0 Å². The summed E-state index contributed by atoms with van der Waals surface area (Å²) >= 11 is 0. The summed E-state index contributed by atoms with van der Waals surface area (Å²) in [7, 11) is 0. The maximum absolute atomic E-state index is 14.1. The van der Waals surface area contributed by atoms with Crippen molar-refractivity contribution in [1.29, 1.82) is 0 Å². The molecule has 5 N–H and O–H groups in total. The lowest BCUT2D eigenvalue weighted by molar-refractivity contribution is -0.138. The number of nitrogens with zero attached hydrogens (tertiary/aromatic N) is 8. The van der Waals surface area contributed by atoms with Crippen molar-refractivity contribution in [2.75, 3.05) is 61.8 Å². The van der Waals surface area contributed by atoms with E-state index in [0.29, 0.717) is 48.4 Å². The van der Waals surface area contributed by atoms with Crippen LogP contribution in [0.15, 0.2) is 73.1 Å². The van der Waals surface area contributed by atoms with E-state index in [1.807, 2.05) is 22.9 Å². The molecule has 8 heterocycles. The smallest absolute Gasteiger partial charge is 0.383 e. The van der Waals surface area contributed by atoms with Gasteiger partial charge in [-0.15, -0.1) is 0 Å². The van der Waals surface area contributed by atoms with Crippen LogP contribution >= 0.6 is 0 Å². The minimum atomic E-state index is -4.60. The van der Waals surface area contributed by atoms with Crippen LogP contribution in [0.3, 0.4) is 0 Å². The van der Waals surface area contributed by atoms with E-state index < -0.39 is 47.3 Å². The lowest BCUT2D eigenvalue weighted by Gasteiger charge is -2.38. The highest BCUT2D eigenvalue weighted by Crippen LogP contribution is 2.40. The molecule has 0 spiro atoms. The third kappa shape index (κ3) is 11.2. The molecule has 6 aliphatic rings. The normalized spacial score (nSPS) is 22.3. The molecule has 3 aromatic heterocycles. The van der Waals surface area contributed by atoms with Crippen LogP contribution in [0.4, 0.5) is 30.5 Å². The van der Waals surface area contributed by atoms with Crippen LogP contribution in [0.2, 0.25) is 0 Å². The molecule has 5 aliphatic heterocycles. The molecule has 2 aromatic carbocycles. The third-order valence-corrected chi connectivity index (χ3v) is 16.5. The van der Waals surface area contributed by atoms with Crippen molar-refractivity contribution in [2.45, 2.75) is 101 Å². The van der Waals surface area contributed by atoms with Crippen LogP contribution in [0, 0.1) is 11.8 Å². The quantitative estimate of drug-likeness (QED) is 0.114. The molecule has 1 saturated carbocycles. The molecule has 0 radical (unpaired) electrons. The van der Waals surface area contributed by atoms with Gasteiger partial charge in [-0.3, -0.25) is 48.5 Å². The Morgan fingerprint density at radius 3 is 2.33 bits per heavy atom. The second kappa shape index (κ2) is 22.0. The number of halogens is 3. The molecule has 22 heteroatoms. The number of fused-ring (bicyclic) bond motifs is 4. The van der Waals surface area contributed by atoms with Crippen molar-refractivity contribution in [1.82, 2.24) is 45.1 Å². The molecule has 3 atom stereocenters.